The van der Waals surface area contributed by atoms with Crippen molar-refractivity contribution in [1.82, 2.24) is 19.4 Å². The maximum Gasteiger partial charge on any atom is 0.416 e. The Morgan fingerprint density at radius 2 is 1.46 bits per heavy atom. The molecule has 9 nitrogen and oxygen atoms in total. The summed E-state index contributed by atoms with van der Waals surface area (Å²) < 4.78 is 72.1. The van der Waals surface area contributed by atoms with E-state index in [0.717, 1.165) is 59.6 Å². The SMILES string of the molecule is CCN(CC)CCN(Cc1ccc(-c2ccc(C(F)(F)F)cc2)cc1)C(=O)Cn1c(SCc2ccc(OS(=O)(=O)c3ccc(C)cc3)cc2)nc(=O)c2c1CCC2. The summed E-state index contributed by atoms with van der Waals surface area (Å²) in [7, 11) is -4.01. The van der Waals surface area contributed by atoms with Gasteiger partial charge in [-0.1, -0.05) is 91.8 Å². The van der Waals surface area contributed by atoms with Gasteiger partial charge in [-0.3, -0.25) is 9.59 Å². The second-order valence-electron chi connectivity index (χ2n) is 14.0. The molecule has 0 aliphatic heterocycles. The number of nitrogens with zero attached hydrogens (tertiary/aromatic N) is 4. The maximum absolute atomic E-state index is 14.3. The Labute approximate surface area is 335 Å². The van der Waals surface area contributed by atoms with Gasteiger partial charge in [0, 0.05) is 36.6 Å². The molecule has 0 radical (unpaired) electrons. The molecule has 0 saturated carbocycles. The third kappa shape index (κ3) is 10.5. The molecule has 5 aromatic rings. The monoisotopic (exact) mass is 818 g/mol. The van der Waals surface area contributed by atoms with Gasteiger partial charge in [-0.25, -0.2) is 0 Å². The fourth-order valence-corrected chi connectivity index (χ4v) is 8.63. The normalized spacial score (nSPS) is 12.8. The predicted octanol–water partition coefficient (Wildman–Crippen LogP) is 8.16. The highest BCUT2D eigenvalue weighted by atomic mass is 32.2. The minimum Gasteiger partial charge on any atom is -0.379 e. The molecule has 4 aromatic carbocycles. The van der Waals surface area contributed by atoms with Crippen molar-refractivity contribution in [3.05, 3.63) is 141 Å². The standard InChI is InChI=1S/C43H45F3N4O5S2/c1-4-48(5-2)25-26-49(27-31-11-15-33(16-12-31)34-17-19-35(20-18-34)43(44,45)46)40(51)28-50-39-8-6-7-38(39)41(52)47-42(50)56-29-32-13-21-36(22-14-32)55-57(53,54)37-23-9-30(3)10-24-37/h9-24H,4-8,25-29H2,1-3H3. The quantitative estimate of drug-likeness (QED) is 0.0559. The topological polar surface area (TPSA) is 102 Å². The van der Waals surface area contributed by atoms with Crippen molar-refractivity contribution in [2.75, 3.05) is 26.2 Å². The van der Waals surface area contributed by atoms with Crippen LogP contribution in [-0.2, 0) is 52.8 Å². The Hall–Kier alpha value is -4.92. The molecule has 0 fully saturated rings. The number of aryl methyl sites for hydroxylation is 1. The molecule has 1 aromatic heterocycles. The summed E-state index contributed by atoms with van der Waals surface area (Å²) in [5, 5.41) is 0.431. The van der Waals surface area contributed by atoms with Gasteiger partial charge in [0.2, 0.25) is 5.91 Å². The van der Waals surface area contributed by atoms with Crippen molar-refractivity contribution in [3.63, 3.8) is 0 Å². The molecule has 0 unspecified atom stereocenters. The minimum atomic E-state index is -4.41. The molecule has 0 atom stereocenters. The largest absolute Gasteiger partial charge is 0.416 e. The highest BCUT2D eigenvalue weighted by molar-refractivity contribution is 7.98. The number of alkyl halides is 3. The summed E-state index contributed by atoms with van der Waals surface area (Å²) in [5.74, 6) is 0.439. The molecule has 1 heterocycles. The predicted molar refractivity (Wildman–Crippen MR) is 216 cm³/mol. The molecule has 0 saturated heterocycles. The number of rotatable bonds is 16. The molecule has 0 spiro atoms. The van der Waals surface area contributed by atoms with Crippen molar-refractivity contribution < 1.29 is 30.6 Å². The first kappa shape index (κ1) is 41.7. The van der Waals surface area contributed by atoms with Crippen LogP contribution < -0.4 is 9.74 Å². The summed E-state index contributed by atoms with van der Waals surface area (Å²) in [5.41, 5.74) is 4.53. The third-order valence-electron chi connectivity index (χ3n) is 10.1. The number of amides is 1. The number of thioether (sulfide) groups is 1. The van der Waals surface area contributed by atoms with Crippen LogP contribution in [0.5, 0.6) is 5.75 Å². The van der Waals surface area contributed by atoms with Crippen LogP contribution >= 0.6 is 11.8 Å². The van der Waals surface area contributed by atoms with Crippen LogP contribution in [0, 0.1) is 6.92 Å². The zero-order valence-corrected chi connectivity index (χ0v) is 33.7. The van der Waals surface area contributed by atoms with E-state index >= 15 is 0 Å². The zero-order chi connectivity index (χ0) is 40.7. The van der Waals surface area contributed by atoms with Gasteiger partial charge in [-0.05, 0) is 97.9 Å². The number of hydrogen-bond acceptors (Lipinski definition) is 8. The van der Waals surface area contributed by atoms with Gasteiger partial charge in [0.15, 0.2) is 5.16 Å². The van der Waals surface area contributed by atoms with E-state index in [2.05, 4.69) is 23.7 Å². The number of carbonyl (C=O) groups excluding carboxylic acids is 1. The maximum atomic E-state index is 14.3. The molecule has 6 rings (SSSR count). The minimum absolute atomic E-state index is 0.0104. The fraction of sp³-hybridized carbons (Fsp3) is 0.326. The Balaban J connectivity index is 1.19. The molecule has 14 heteroatoms. The number of hydrogen-bond donors (Lipinski definition) is 0. The number of likely N-dealkylation sites (N-methyl/N-ethyl adjacent to an activating group) is 1. The fourth-order valence-electron chi connectivity index (χ4n) is 6.73. The van der Waals surface area contributed by atoms with Crippen molar-refractivity contribution in [2.45, 2.75) is 75.1 Å². The molecule has 57 heavy (non-hydrogen) atoms. The van der Waals surface area contributed by atoms with Crippen LogP contribution in [0.2, 0.25) is 0 Å². The van der Waals surface area contributed by atoms with Gasteiger partial charge >= 0.3 is 16.3 Å². The lowest BCUT2D eigenvalue weighted by Crippen LogP contribution is -2.40. The number of aromatic nitrogens is 2. The Kier molecular flexibility index (Phi) is 13.3. The van der Waals surface area contributed by atoms with E-state index in [0.29, 0.717) is 54.5 Å². The lowest BCUT2D eigenvalue weighted by molar-refractivity contribution is -0.137. The molecule has 300 valence electrons. The molecular formula is C43H45F3N4O5S2. The Bertz CT molecular complexity index is 2330. The van der Waals surface area contributed by atoms with Crippen LogP contribution in [0.1, 0.15) is 53.8 Å². The molecular weight excluding hydrogens is 774 g/mol. The summed E-state index contributed by atoms with van der Waals surface area (Å²) in [4.78, 5) is 36.0. The van der Waals surface area contributed by atoms with Gasteiger partial charge in [0.25, 0.3) is 5.56 Å². The number of benzene rings is 4. The van der Waals surface area contributed by atoms with Crippen molar-refractivity contribution in [1.29, 1.82) is 0 Å². The van der Waals surface area contributed by atoms with Crippen molar-refractivity contribution in [3.8, 4) is 16.9 Å². The number of carbonyl (C=O) groups is 1. The summed E-state index contributed by atoms with van der Waals surface area (Å²) >= 11 is 1.33. The average molecular weight is 819 g/mol. The molecule has 1 aliphatic rings. The summed E-state index contributed by atoms with van der Waals surface area (Å²) in [6.45, 7) is 9.10. The summed E-state index contributed by atoms with van der Waals surface area (Å²) in [6.07, 6.45) is -2.36. The van der Waals surface area contributed by atoms with Crippen molar-refractivity contribution >= 4 is 27.8 Å². The van der Waals surface area contributed by atoms with Crippen LogP contribution in [0.3, 0.4) is 0 Å². The second kappa shape index (κ2) is 18.1. The first-order valence-electron chi connectivity index (χ1n) is 18.9. The van der Waals surface area contributed by atoms with E-state index < -0.39 is 21.9 Å². The summed E-state index contributed by atoms with van der Waals surface area (Å²) in [6, 6.07) is 25.6. The lowest BCUT2D eigenvalue weighted by Gasteiger charge is -2.28. The van der Waals surface area contributed by atoms with Gasteiger partial charge in [0.1, 0.15) is 17.2 Å². The van der Waals surface area contributed by atoms with E-state index in [4.69, 9.17) is 4.18 Å². The lowest BCUT2D eigenvalue weighted by atomic mass is 10.0. The van der Waals surface area contributed by atoms with Crippen molar-refractivity contribution in [2.24, 2.45) is 0 Å². The highest BCUT2D eigenvalue weighted by Gasteiger charge is 2.30. The average Bonchev–Trinajstić information content (AvgIpc) is 3.70. The van der Waals surface area contributed by atoms with Gasteiger partial charge in [-0.2, -0.15) is 26.6 Å². The second-order valence-corrected chi connectivity index (χ2v) is 16.5. The Morgan fingerprint density at radius 1 is 0.842 bits per heavy atom. The van der Waals surface area contributed by atoms with Crippen LogP contribution in [-0.4, -0.2) is 59.9 Å². The van der Waals surface area contributed by atoms with E-state index in [1.807, 2.05) is 40.7 Å². The number of fused-ring (bicyclic) bond motifs is 1. The number of halogens is 3. The third-order valence-corrected chi connectivity index (χ3v) is 12.4. The van der Waals surface area contributed by atoms with Gasteiger partial charge in [-0.15, -0.1) is 0 Å². The van der Waals surface area contributed by atoms with Gasteiger partial charge in [0.05, 0.1) is 5.56 Å². The van der Waals surface area contributed by atoms with E-state index in [-0.39, 0.29) is 28.7 Å². The van der Waals surface area contributed by atoms with E-state index in [1.165, 1.54) is 36.0 Å². The van der Waals surface area contributed by atoms with Crippen LogP contribution in [0.4, 0.5) is 13.2 Å². The Morgan fingerprint density at radius 3 is 2.07 bits per heavy atom. The molecule has 1 amide bonds. The van der Waals surface area contributed by atoms with E-state index in [1.54, 1.807) is 36.4 Å². The molecule has 1 aliphatic carbocycles. The van der Waals surface area contributed by atoms with Crippen LogP contribution in [0.15, 0.2) is 112 Å². The first-order chi connectivity index (χ1) is 27.2. The smallest absolute Gasteiger partial charge is 0.379 e. The molecule has 0 bridgehead atoms. The first-order valence-corrected chi connectivity index (χ1v) is 21.3. The molecule has 0 N–H and O–H groups in total. The highest BCUT2D eigenvalue weighted by Crippen LogP contribution is 2.32. The zero-order valence-electron chi connectivity index (χ0n) is 32.1. The van der Waals surface area contributed by atoms with E-state index in [9.17, 15) is 31.2 Å². The van der Waals surface area contributed by atoms with Crippen LogP contribution in [0.25, 0.3) is 11.1 Å². The van der Waals surface area contributed by atoms with Gasteiger partial charge < -0.3 is 18.6 Å².